The minimum atomic E-state index is 0.781. The van der Waals surface area contributed by atoms with Crippen LogP contribution in [0.2, 0.25) is 0 Å². The smallest absolute Gasteiger partial charge is 0.198 e. The van der Waals surface area contributed by atoms with E-state index in [1.807, 2.05) is 0 Å². The second-order valence-electron chi connectivity index (χ2n) is 1.36. The lowest BCUT2D eigenvalue weighted by molar-refractivity contribution is 0.973. The van der Waals surface area contributed by atoms with Crippen molar-refractivity contribution < 1.29 is 0 Å². The van der Waals surface area contributed by atoms with Crippen molar-refractivity contribution in [2.75, 3.05) is 5.08 Å². The van der Waals surface area contributed by atoms with E-state index >= 15 is 0 Å². The molecule has 1 rings (SSSR count). The molecule has 5 heteroatoms. The number of hydrogen-bond acceptors (Lipinski definition) is 5. The van der Waals surface area contributed by atoms with Crippen LogP contribution < -0.4 is 0 Å². The molecule has 0 amide bonds. The van der Waals surface area contributed by atoms with Crippen molar-refractivity contribution in [3.63, 3.8) is 0 Å². The predicted molar refractivity (Wildman–Crippen MR) is 49.3 cm³/mol. The Labute approximate surface area is 73.0 Å². The summed E-state index contributed by atoms with van der Waals surface area (Å²) in [6, 6.07) is 1.80. The van der Waals surface area contributed by atoms with Gasteiger partial charge in [0.25, 0.3) is 0 Å². The van der Waals surface area contributed by atoms with Gasteiger partial charge in [-0.2, -0.15) is 12.6 Å². The van der Waals surface area contributed by atoms with E-state index in [-0.39, 0.29) is 0 Å². The van der Waals surface area contributed by atoms with E-state index in [0.29, 0.717) is 0 Å². The molecule has 0 saturated carbocycles. The number of thiol groups is 1. The average molecular weight is 190 g/mol. The first-order chi connectivity index (χ1) is 4.93. The molecule has 0 radical (unpaired) electrons. The van der Waals surface area contributed by atoms with Gasteiger partial charge in [-0.1, -0.05) is 10.8 Å². The van der Waals surface area contributed by atoms with Crippen molar-refractivity contribution in [3.05, 3.63) is 18.5 Å². The first-order valence-electron chi connectivity index (χ1n) is 2.61. The molecule has 10 heavy (non-hydrogen) atoms. The summed E-state index contributed by atoms with van der Waals surface area (Å²) in [5.74, 6) is 0. The van der Waals surface area contributed by atoms with Gasteiger partial charge >= 0.3 is 0 Å². The fourth-order valence-corrected chi connectivity index (χ4v) is 1.98. The van der Waals surface area contributed by atoms with Gasteiger partial charge in [-0.05, 0) is 16.9 Å². The fourth-order valence-electron chi connectivity index (χ4n) is 0.408. The molecule has 0 atom stereocenters. The van der Waals surface area contributed by atoms with Gasteiger partial charge in [0.1, 0.15) is 0 Å². The zero-order valence-corrected chi connectivity index (χ0v) is 7.62. The zero-order valence-electron chi connectivity index (χ0n) is 5.10. The summed E-state index contributed by atoms with van der Waals surface area (Å²) in [4.78, 5) is 8.03. The third kappa shape index (κ3) is 2.81. The monoisotopic (exact) mass is 190 g/mol. The Bertz CT molecular complexity index is 180. The number of nitrogens with zero attached hydrogens (tertiary/aromatic N) is 2. The van der Waals surface area contributed by atoms with Crippen molar-refractivity contribution in [1.29, 1.82) is 0 Å². The maximum Gasteiger partial charge on any atom is 0.198 e. The van der Waals surface area contributed by atoms with Gasteiger partial charge in [-0.25, -0.2) is 9.97 Å². The van der Waals surface area contributed by atoms with E-state index < -0.39 is 0 Å². The Morgan fingerprint density at radius 3 is 2.70 bits per heavy atom. The molecule has 1 aromatic rings. The molecule has 1 aromatic heterocycles. The Balaban J connectivity index is 2.43. The van der Waals surface area contributed by atoms with Crippen LogP contribution in [-0.2, 0) is 0 Å². The van der Waals surface area contributed by atoms with Crippen molar-refractivity contribution in [2.45, 2.75) is 5.16 Å². The zero-order chi connectivity index (χ0) is 7.23. The maximum absolute atomic E-state index is 4.04. The Morgan fingerprint density at radius 1 is 1.40 bits per heavy atom. The lowest BCUT2D eigenvalue weighted by atomic mass is 10.7. The molecule has 54 valence electrons. The van der Waals surface area contributed by atoms with Crippen LogP contribution in [-0.4, -0.2) is 15.1 Å². The van der Waals surface area contributed by atoms with Crippen LogP contribution in [0.15, 0.2) is 23.6 Å². The summed E-state index contributed by atoms with van der Waals surface area (Å²) in [6.45, 7) is 0. The maximum atomic E-state index is 4.04. The van der Waals surface area contributed by atoms with E-state index in [4.69, 9.17) is 0 Å². The molecular formula is C5H6N2S3. The molecule has 0 aliphatic rings. The summed E-state index contributed by atoms with van der Waals surface area (Å²) in [7, 11) is 3.16. The van der Waals surface area contributed by atoms with Gasteiger partial charge < -0.3 is 0 Å². The van der Waals surface area contributed by atoms with Crippen LogP contribution in [0.4, 0.5) is 0 Å². The van der Waals surface area contributed by atoms with Crippen LogP contribution >= 0.6 is 34.2 Å². The topological polar surface area (TPSA) is 25.8 Å². The van der Waals surface area contributed by atoms with Crippen molar-refractivity contribution in [2.24, 2.45) is 0 Å². The minimum Gasteiger partial charge on any atom is -0.230 e. The minimum absolute atomic E-state index is 0.781. The molecule has 0 aliphatic carbocycles. The van der Waals surface area contributed by atoms with Crippen LogP contribution in [0, 0.1) is 0 Å². The van der Waals surface area contributed by atoms with Gasteiger partial charge in [0.2, 0.25) is 0 Å². The van der Waals surface area contributed by atoms with Gasteiger partial charge in [-0.3, -0.25) is 0 Å². The lowest BCUT2D eigenvalue weighted by Crippen LogP contribution is -1.79. The Kier molecular flexibility index (Phi) is 4.01. The quantitative estimate of drug-likeness (QED) is 0.342. The van der Waals surface area contributed by atoms with Crippen molar-refractivity contribution in [1.82, 2.24) is 9.97 Å². The largest absolute Gasteiger partial charge is 0.230 e. The molecule has 0 spiro atoms. The highest BCUT2D eigenvalue weighted by molar-refractivity contribution is 8.77. The van der Waals surface area contributed by atoms with Crippen LogP contribution in [0.5, 0.6) is 0 Å². The molecule has 0 bridgehead atoms. The number of rotatable bonds is 3. The standard InChI is InChI=1S/C5H6N2S3/c8-4-9-10-5-6-2-1-3-7-5/h1-3,8H,4H2. The normalized spacial score (nSPS) is 9.70. The molecule has 0 aromatic carbocycles. The van der Waals surface area contributed by atoms with Gasteiger partial charge in [0.15, 0.2) is 5.16 Å². The van der Waals surface area contributed by atoms with Gasteiger partial charge in [0.05, 0.1) is 0 Å². The third-order valence-electron chi connectivity index (χ3n) is 0.728. The molecule has 2 nitrogen and oxygen atoms in total. The predicted octanol–water partition coefficient (Wildman–Crippen LogP) is 2.10. The van der Waals surface area contributed by atoms with E-state index in [9.17, 15) is 0 Å². The SMILES string of the molecule is SCSSc1ncccn1. The second-order valence-corrected chi connectivity index (χ2v) is 4.37. The Hall–Kier alpha value is 0.130. The van der Waals surface area contributed by atoms with E-state index in [1.54, 1.807) is 29.3 Å². The van der Waals surface area contributed by atoms with E-state index in [2.05, 4.69) is 22.6 Å². The van der Waals surface area contributed by atoms with Crippen LogP contribution in [0.1, 0.15) is 0 Å². The highest BCUT2D eigenvalue weighted by Gasteiger charge is 1.92. The van der Waals surface area contributed by atoms with Crippen molar-refractivity contribution >= 4 is 34.2 Å². The molecule has 0 fully saturated rings. The number of hydrogen-bond donors (Lipinski definition) is 1. The van der Waals surface area contributed by atoms with Crippen LogP contribution in [0.3, 0.4) is 0 Å². The molecule has 0 unspecified atom stereocenters. The molecule has 0 saturated heterocycles. The average Bonchev–Trinajstić information content (AvgIpc) is 2.03. The summed E-state index contributed by atoms with van der Waals surface area (Å²) in [5, 5.41) is 1.57. The first-order valence-corrected chi connectivity index (χ1v) is 5.56. The molecule has 1 heterocycles. The second kappa shape index (κ2) is 4.87. The van der Waals surface area contributed by atoms with E-state index in [0.717, 1.165) is 10.2 Å². The third-order valence-corrected chi connectivity index (χ3v) is 3.38. The molecule has 0 N–H and O–H groups in total. The van der Waals surface area contributed by atoms with Crippen molar-refractivity contribution in [3.8, 4) is 0 Å². The highest BCUT2D eigenvalue weighted by Crippen LogP contribution is 2.27. The number of aromatic nitrogens is 2. The summed E-state index contributed by atoms with van der Waals surface area (Å²) >= 11 is 4.04. The lowest BCUT2D eigenvalue weighted by Gasteiger charge is -1.92. The molecular weight excluding hydrogens is 184 g/mol. The first kappa shape index (κ1) is 8.23. The summed E-state index contributed by atoms with van der Waals surface area (Å²) in [5.41, 5.74) is 0. The van der Waals surface area contributed by atoms with Gasteiger partial charge in [0, 0.05) is 17.5 Å². The van der Waals surface area contributed by atoms with Gasteiger partial charge in [-0.15, -0.1) is 0 Å². The molecule has 0 aliphatic heterocycles. The van der Waals surface area contributed by atoms with Crippen LogP contribution in [0.25, 0.3) is 0 Å². The fraction of sp³-hybridized carbons (Fsp3) is 0.200. The highest BCUT2D eigenvalue weighted by atomic mass is 33.1. The van der Waals surface area contributed by atoms with E-state index in [1.165, 1.54) is 10.8 Å². The summed E-state index contributed by atoms with van der Waals surface area (Å²) in [6.07, 6.45) is 3.46. The Morgan fingerprint density at radius 2 is 2.10 bits per heavy atom. The summed E-state index contributed by atoms with van der Waals surface area (Å²) < 4.78 is 0.